The molecule has 0 aliphatic rings. The zero-order valence-electron chi connectivity index (χ0n) is 26.3. The Kier molecular flexibility index (Phi) is 9.99. The van der Waals surface area contributed by atoms with Crippen molar-refractivity contribution < 1.29 is 13.3 Å². The third-order valence-electron chi connectivity index (χ3n) is 8.48. The van der Waals surface area contributed by atoms with Gasteiger partial charge >= 0.3 is 0 Å². The number of rotatable bonds is 10. The average Bonchev–Trinajstić information content (AvgIpc) is 3.34. The lowest BCUT2D eigenvalue weighted by Crippen LogP contribution is -2.45. The van der Waals surface area contributed by atoms with Crippen molar-refractivity contribution in [3.8, 4) is 17.5 Å². The molecule has 1 heterocycles. The van der Waals surface area contributed by atoms with E-state index in [9.17, 15) is 5.26 Å². The van der Waals surface area contributed by atoms with E-state index in [2.05, 4.69) is 89.3 Å². The molecule has 3 aromatic rings. The Bertz CT molecular complexity index is 1370. The summed E-state index contributed by atoms with van der Waals surface area (Å²) in [4.78, 5) is 0. The van der Waals surface area contributed by atoms with Gasteiger partial charge in [0.25, 0.3) is 0 Å². The lowest BCUT2D eigenvalue weighted by molar-refractivity contribution is 0.166. The van der Waals surface area contributed by atoms with Crippen LogP contribution in [0.25, 0.3) is 11.5 Å². The van der Waals surface area contributed by atoms with E-state index >= 15 is 0 Å². The minimum absolute atomic E-state index is 0.0274. The summed E-state index contributed by atoms with van der Waals surface area (Å²) in [5, 5.41) is 22.1. The standard InChI is InChI=1S/C31H45ClN4O3Si2/c1-21(39-41(10,11)31(5,6)7)27(34-25-17-16-24(19-33)26(32)18-25)29-36-35-28(38-29)23-14-12-22(13-15-23)20-37-40(8,9)30(2,3)4/h12-18,21,27,34H,20H2,1-11H3. The van der Waals surface area contributed by atoms with Gasteiger partial charge in [-0.2, -0.15) is 5.26 Å². The van der Waals surface area contributed by atoms with Gasteiger partial charge < -0.3 is 18.6 Å². The summed E-state index contributed by atoms with van der Waals surface area (Å²) in [7, 11) is -3.95. The van der Waals surface area contributed by atoms with Crippen LogP contribution in [-0.4, -0.2) is 32.9 Å². The van der Waals surface area contributed by atoms with Crippen molar-refractivity contribution in [3.63, 3.8) is 0 Å². The average molecular weight is 613 g/mol. The van der Waals surface area contributed by atoms with Crippen molar-refractivity contribution in [1.82, 2.24) is 10.2 Å². The molecule has 1 aromatic heterocycles. The Hall–Kier alpha value is -2.49. The highest BCUT2D eigenvalue weighted by molar-refractivity contribution is 6.74. The number of halogens is 1. The van der Waals surface area contributed by atoms with E-state index in [1.165, 1.54) is 0 Å². The van der Waals surface area contributed by atoms with Crippen molar-refractivity contribution >= 4 is 33.9 Å². The molecule has 2 unspecified atom stereocenters. The Morgan fingerprint density at radius 2 is 1.56 bits per heavy atom. The molecular weight excluding hydrogens is 568 g/mol. The normalized spacial score (nSPS) is 14.4. The predicted molar refractivity (Wildman–Crippen MR) is 172 cm³/mol. The van der Waals surface area contributed by atoms with Crippen LogP contribution in [0.2, 0.25) is 41.3 Å². The summed E-state index contributed by atoms with van der Waals surface area (Å²) in [6.07, 6.45) is -0.284. The highest BCUT2D eigenvalue weighted by Gasteiger charge is 2.41. The topological polar surface area (TPSA) is 93.2 Å². The van der Waals surface area contributed by atoms with Gasteiger partial charge in [0, 0.05) is 11.3 Å². The van der Waals surface area contributed by atoms with E-state index < -0.39 is 22.7 Å². The number of nitriles is 1. The first kappa shape index (κ1) is 33.0. The number of nitrogens with zero attached hydrogens (tertiary/aromatic N) is 3. The van der Waals surface area contributed by atoms with Gasteiger partial charge in [0.2, 0.25) is 11.8 Å². The predicted octanol–water partition coefficient (Wildman–Crippen LogP) is 9.35. The molecule has 0 amide bonds. The van der Waals surface area contributed by atoms with Crippen molar-refractivity contribution in [1.29, 1.82) is 5.26 Å². The Morgan fingerprint density at radius 3 is 2.10 bits per heavy atom. The maximum absolute atomic E-state index is 9.28. The van der Waals surface area contributed by atoms with Gasteiger partial charge in [0.15, 0.2) is 16.6 Å². The molecule has 0 radical (unpaired) electrons. The highest BCUT2D eigenvalue weighted by atomic mass is 35.5. The minimum atomic E-state index is -2.11. The fourth-order valence-corrected chi connectivity index (χ4v) is 6.27. The van der Waals surface area contributed by atoms with Crippen molar-refractivity contribution in [3.05, 3.63) is 64.5 Å². The van der Waals surface area contributed by atoms with E-state index in [4.69, 9.17) is 24.9 Å². The molecule has 41 heavy (non-hydrogen) atoms. The second-order valence-corrected chi connectivity index (χ2v) is 23.7. The smallest absolute Gasteiger partial charge is 0.247 e. The van der Waals surface area contributed by atoms with E-state index in [-0.39, 0.29) is 16.2 Å². The zero-order valence-corrected chi connectivity index (χ0v) is 29.1. The van der Waals surface area contributed by atoms with Crippen molar-refractivity contribution in [2.45, 2.75) is 103 Å². The second-order valence-electron chi connectivity index (χ2n) is 13.7. The molecule has 0 bridgehead atoms. The molecule has 0 fully saturated rings. The minimum Gasteiger partial charge on any atom is -0.418 e. The first-order valence-electron chi connectivity index (χ1n) is 14.1. The van der Waals surface area contributed by atoms with Crippen LogP contribution in [0.3, 0.4) is 0 Å². The monoisotopic (exact) mass is 612 g/mol. The summed E-state index contributed by atoms with van der Waals surface area (Å²) >= 11 is 6.33. The molecule has 222 valence electrons. The number of hydrogen-bond donors (Lipinski definition) is 1. The van der Waals surface area contributed by atoms with Crippen LogP contribution in [0, 0.1) is 11.3 Å². The third kappa shape index (κ3) is 8.08. The van der Waals surface area contributed by atoms with Crippen LogP contribution in [0.5, 0.6) is 0 Å². The molecule has 2 atom stereocenters. The van der Waals surface area contributed by atoms with E-state index in [0.717, 1.165) is 16.8 Å². The van der Waals surface area contributed by atoms with Gasteiger partial charge in [-0.05, 0) is 79.1 Å². The molecular formula is C31H45ClN4O3Si2. The van der Waals surface area contributed by atoms with Gasteiger partial charge in [-0.3, -0.25) is 0 Å². The number of hydrogen-bond acceptors (Lipinski definition) is 7. The van der Waals surface area contributed by atoms with Crippen LogP contribution in [0.1, 0.15) is 71.5 Å². The van der Waals surface area contributed by atoms with Crippen LogP contribution in [0.4, 0.5) is 5.69 Å². The number of anilines is 1. The zero-order chi connectivity index (χ0) is 30.8. The summed E-state index contributed by atoms with van der Waals surface area (Å²) in [5.41, 5.74) is 3.08. The molecule has 7 nitrogen and oxygen atoms in total. The summed E-state index contributed by atoms with van der Waals surface area (Å²) in [6, 6.07) is 15.0. The maximum Gasteiger partial charge on any atom is 0.247 e. The van der Waals surface area contributed by atoms with Gasteiger partial charge in [-0.25, -0.2) is 0 Å². The quantitative estimate of drug-likeness (QED) is 0.228. The number of aromatic nitrogens is 2. The van der Waals surface area contributed by atoms with Gasteiger partial charge in [-0.1, -0.05) is 65.3 Å². The SMILES string of the molecule is CC(O[Si](C)(C)C(C)(C)C)C(Nc1ccc(C#N)c(Cl)c1)c1nnc(-c2ccc(CO[Si](C)(C)C(C)(C)C)cc2)o1. The lowest BCUT2D eigenvalue weighted by atomic mass is 10.1. The van der Waals surface area contributed by atoms with Gasteiger partial charge in [-0.15, -0.1) is 10.2 Å². The first-order chi connectivity index (χ1) is 18.8. The maximum atomic E-state index is 9.28. The molecule has 3 rings (SSSR count). The first-order valence-corrected chi connectivity index (χ1v) is 20.2. The lowest BCUT2D eigenvalue weighted by Gasteiger charge is -2.40. The fourth-order valence-electron chi connectivity index (χ4n) is 3.67. The van der Waals surface area contributed by atoms with E-state index in [1.54, 1.807) is 12.1 Å². The molecule has 0 spiro atoms. The molecule has 1 N–H and O–H groups in total. The summed E-state index contributed by atoms with van der Waals surface area (Å²) in [5.74, 6) is 0.845. The molecule has 0 aliphatic carbocycles. The second kappa shape index (κ2) is 12.4. The summed E-state index contributed by atoms with van der Waals surface area (Å²) in [6.45, 7) is 24.9. The fraction of sp³-hybridized carbons (Fsp3) is 0.516. The largest absolute Gasteiger partial charge is 0.418 e. The van der Waals surface area contributed by atoms with Crippen LogP contribution in [0.15, 0.2) is 46.9 Å². The van der Waals surface area contributed by atoms with Crippen LogP contribution >= 0.6 is 11.6 Å². The molecule has 2 aromatic carbocycles. The van der Waals surface area contributed by atoms with Crippen LogP contribution in [-0.2, 0) is 15.5 Å². The summed E-state index contributed by atoms with van der Waals surface area (Å²) < 4.78 is 19.3. The number of nitrogens with one attached hydrogen (secondary N) is 1. The Labute approximate surface area is 252 Å². The molecule has 10 heteroatoms. The molecule has 0 saturated carbocycles. The molecule has 0 aliphatic heterocycles. The van der Waals surface area contributed by atoms with Gasteiger partial charge in [0.05, 0.1) is 23.3 Å². The van der Waals surface area contributed by atoms with Crippen molar-refractivity contribution in [2.75, 3.05) is 5.32 Å². The van der Waals surface area contributed by atoms with Gasteiger partial charge in [0.1, 0.15) is 12.1 Å². The van der Waals surface area contributed by atoms with Crippen molar-refractivity contribution in [2.24, 2.45) is 0 Å². The highest BCUT2D eigenvalue weighted by Crippen LogP contribution is 2.40. The third-order valence-corrected chi connectivity index (χ3v) is 17.8. The van der Waals surface area contributed by atoms with E-state index in [0.29, 0.717) is 29.0 Å². The number of benzene rings is 2. The Balaban J connectivity index is 1.86. The molecule has 0 saturated heterocycles. The Morgan fingerprint density at radius 1 is 0.951 bits per heavy atom. The van der Waals surface area contributed by atoms with E-state index in [1.807, 2.05) is 37.3 Å². The van der Waals surface area contributed by atoms with Crippen LogP contribution < -0.4 is 5.32 Å².